The van der Waals surface area contributed by atoms with Gasteiger partial charge in [-0.1, -0.05) is 13.0 Å². The van der Waals surface area contributed by atoms with E-state index in [1.807, 2.05) is 11.0 Å². The van der Waals surface area contributed by atoms with Gasteiger partial charge in [-0.3, -0.25) is 0 Å². The molecule has 2 amide bonds. The third-order valence-corrected chi connectivity index (χ3v) is 2.57. The third-order valence-electron chi connectivity index (χ3n) is 2.57. The second kappa shape index (κ2) is 5.68. The Morgan fingerprint density at radius 1 is 1.71 bits per heavy atom. The first-order valence-electron chi connectivity index (χ1n) is 5.37. The fourth-order valence-electron chi connectivity index (χ4n) is 1.77. The maximum atomic E-state index is 11.6. The summed E-state index contributed by atoms with van der Waals surface area (Å²) in [6.07, 6.45) is 5.04. The van der Waals surface area contributed by atoms with Gasteiger partial charge in [-0.05, 0) is 25.2 Å². The maximum Gasteiger partial charge on any atom is 0.317 e. The number of carbonyl (C=O) groups excluding carboxylic acids is 1. The van der Waals surface area contributed by atoms with Crippen LogP contribution in [0, 0.1) is 5.92 Å². The highest BCUT2D eigenvalue weighted by atomic mass is 16.2. The second-order valence-electron chi connectivity index (χ2n) is 4.00. The molecule has 0 spiro atoms. The summed E-state index contributed by atoms with van der Waals surface area (Å²) >= 11 is 0. The van der Waals surface area contributed by atoms with Crippen molar-refractivity contribution in [1.82, 2.24) is 10.2 Å². The molecule has 1 aliphatic rings. The van der Waals surface area contributed by atoms with E-state index in [0.29, 0.717) is 12.5 Å². The molecule has 0 saturated carbocycles. The SMILES string of the molecule is C=CCCNC(=O)N1CCCC(C)C1. The van der Waals surface area contributed by atoms with Crippen molar-refractivity contribution >= 4 is 6.03 Å². The number of piperidine rings is 1. The first kappa shape index (κ1) is 11.1. The van der Waals surface area contributed by atoms with Crippen molar-refractivity contribution in [1.29, 1.82) is 0 Å². The van der Waals surface area contributed by atoms with Crippen LogP contribution >= 0.6 is 0 Å². The van der Waals surface area contributed by atoms with Crippen molar-refractivity contribution in [2.75, 3.05) is 19.6 Å². The van der Waals surface area contributed by atoms with Gasteiger partial charge in [0.15, 0.2) is 0 Å². The van der Waals surface area contributed by atoms with Crippen molar-refractivity contribution < 1.29 is 4.79 Å². The number of nitrogens with zero attached hydrogens (tertiary/aromatic N) is 1. The van der Waals surface area contributed by atoms with E-state index in [9.17, 15) is 4.79 Å². The minimum Gasteiger partial charge on any atom is -0.338 e. The molecule has 0 aliphatic carbocycles. The standard InChI is InChI=1S/C11H20N2O/c1-3-4-7-12-11(14)13-8-5-6-10(2)9-13/h3,10H,1,4-9H2,2H3,(H,12,14). The molecule has 3 nitrogen and oxygen atoms in total. The molecular weight excluding hydrogens is 176 g/mol. The molecule has 0 aromatic carbocycles. The zero-order chi connectivity index (χ0) is 10.4. The van der Waals surface area contributed by atoms with E-state index < -0.39 is 0 Å². The Bertz CT molecular complexity index is 203. The smallest absolute Gasteiger partial charge is 0.317 e. The van der Waals surface area contributed by atoms with Gasteiger partial charge in [-0.25, -0.2) is 4.79 Å². The number of nitrogens with one attached hydrogen (secondary N) is 1. The molecule has 14 heavy (non-hydrogen) atoms. The molecule has 1 atom stereocenters. The lowest BCUT2D eigenvalue weighted by atomic mass is 10.0. The zero-order valence-electron chi connectivity index (χ0n) is 8.96. The Morgan fingerprint density at radius 2 is 2.50 bits per heavy atom. The summed E-state index contributed by atoms with van der Waals surface area (Å²) in [5.41, 5.74) is 0. The highest BCUT2D eigenvalue weighted by Crippen LogP contribution is 2.14. The monoisotopic (exact) mass is 196 g/mol. The summed E-state index contributed by atoms with van der Waals surface area (Å²) in [5.74, 6) is 0.647. The Hall–Kier alpha value is -0.990. The summed E-state index contributed by atoms with van der Waals surface area (Å²) in [4.78, 5) is 13.5. The number of hydrogen-bond donors (Lipinski definition) is 1. The number of likely N-dealkylation sites (tertiary alicyclic amines) is 1. The van der Waals surface area contributed by atoms with E-state index in [-0.39, 0.29) is 6.03 Å². The molecule has 1 aliphatic heterocycles. The molecular formula is C11H20N2O. The predicted octanol–water partition coefficient (Wildman–Crippen LogP) is 2.00. The van der Waals surface area contributed by atoms with E-state index >= 15 is 0 Å². The van der Waals surface area contributed by atoms with Gasteiger partial charge >= 0.3 is 6.03 Å². The number of urea groups is 1. The third kappa shape index (κ3) is 3.40. The summed E-state index contributed by atoms with van der Waals surface area (Å²) in [6, 6.07) is 0.0819. The number of carbonyl (C=O) groups is 1. The van der Waals surface area contributed by atoms with Gasteiger partial charge in [-0.2, -0.15) is 0 Å². The minimum atomic E-state index is 0.0819. The summed E-state index contributed by atoms with van der Waals surface area (Å²) in [7, 11) is 0. The van der Waals surface area contributed by atoms with E-state index in [1.54, 1.807) is 0 Å². The van der Waals surface area contributed by atoms with Gasteiger partial charge < -0.3 is 10.2 Å². The summed E-state index contributed by atoms with van der Waals surface area (Å²) in [6.45, 7) is 8.33. The van der Waals surface area contributed by atoms with E-state index in [2.05, 4.69) is 18.8 Å². The van der Waals surface area contributed by atoms with E-state index in [0.717, 1.165) is 25.9 Å². The predicted molar refractivity (Wildman–Crippen MR) is 58.2 cm³/mol. The van der Waals surface area contributed by atoms with Crippen LogP contribution in [0.2, 0.25) is 0 Å². The van der Waals surface area contributed by atoms with E-state index in [4.69, 9.17) is 0 Å². The van der Waals surface area contributed by atoms with Crippen molar-refractivity contribution in [2.45, 2.75) is 26.2 Å². The number of rotatable bonds is 3. The Morgan fingerprint density at radius 3 is 3.14 bits per heavy atom. The quantitative estimate of drug-likeness (QED) is 0.543. The molecule has 0 aromatic rings. The van der Waals surface area contributed by atoms with Crippen LogP contribution in [0.3, 0.4) is 0 Å². The molecule has 1 unspecified atom stereocenters. The second-order valence-corrected chi connectivity index (χ2v) is 4.00. The van der Waals surface area contributed by atoms with Crippen LogP contribution in [0.25, 0.3) is 0 Å². The summed E-state index contributed by atoms with van der Waals surface area (Å²) in [5, 5.41) is 2.89. The Kier molecular flexibility index (Phi) is 4.50. The van der Waals surface area contributed by atoms with Crippen LogP contribution in [0.1, 0.15) is 26.2 Å². The Labute approximate surface area is 86.2 Å². The molecule has 1 rings (SSSR count). The fourth-order valence-corrected chi connectivity index (χ4v) is 1.77. The zero-order valence-corrected chi connectivity index (χ0v) is 8.96. The molecule has 1 N–H and O–H groups in total. The molecule has 80 valence electrons. The first-order valence-corrected chi connectivity index (χ1v) is 5.37. The number of amides is 2. The highest BCUT2D eigenvalue weighted by Gasteiger charge is 2.19. The molecule has 3 heteroatoms. The lowest BCUT2D eigenvalue weighted by Gasteiger charge is -2.30. The van der Waals surface area contributed by atoms with Crippen molar-refractivity contribution in [3.8, 4) is 0 Å². The molecule has 0 radical (unpaired) electrons. The Balaban J connectivity index is 2.25. The minimum absolute atomic E-state index is 0.0819. The number of hydrogen-bond acceptors (Lipinski definition) is 1. The molecule has 1 saturated heterocycles. The maximum absolute atomic E-state index is 11.6. The van der Waals surface area contributed by atoms with Crippen molar-refractivity contribution in [3.63, 3.8) is 0 Å². The summed E-state index contributed by atoms with van der Waals surface area (Å²) < 4.78 is 0. The average Bonchev–Trinajstić information content (AvgIpc) is 2.18. The van der Waals surface area contributed by atoms with Gasteiger partial charge in [0.05, 0.1) is 0 Å². The van der Waals surface area contributed by atoms with Crippen molar-refractivity contribution in [2.24, 2.45) is 5.92 Å². The van der Waals surface area contributed by atoms with Gasteiger partial charge in [0.2, 0.25) is 0 Å². The first-order chi connectivity index (χ1) is 6.74. The molecule has 1 heterocycles. The van der Waals surface area contributed by atoms with Crippen LogP contribution in [-0.4, -0.2) is 30.6 Å². The van der Waals surface area contributed by atoms with Crippen LogP contribution < -0.4 is 5.32 Å². The van der Waals surface area contributed by atoms with Crippen molar-refractivity contribution in [3.05, 3.63) is 12.7 Å². The van der Waals surface area contributed by atoms with Gasteiger partial charge in [0.1, 0.15) is 0 Å². The van der Waals surface area contributed by atoms with Crippen LogP contribution in [-0.2, 0) is 0 Å². The lowest BCUT2D eigenvalue weighted by molar-refractivity contribution is 0.170. The van der Waals surface area contributed by atoms with E-state index in [1.165, 1.54) is 6.42 Å². The fraction of sp³-hybridized carbons (Fsp3) is 0.727. The van der Waals surface area contributed by atoms with Crippen LogP contribution in [0.15, 0.2) is 12.7 Å². The molecule has 0 bridgehead atoms. The highest BCUT2D eigenvalue weighted by molar-refractivity contribution is 5.74. The molecule has 0 aromatic heterocycles. The van der Waals surface area contributed by atoms with Gasteiger partial charge in [-0.15, -0.1) is 6.58 Å². The van der Waals surface area contributed by atoms with Crippen LogP contribution in [0.5, 0.6) is 0 Å². The normalized spacial score (nSPS) is 21.8. The average molecular weight is 196 g/mol. The topological polar surface area (TPSA) is 32.3 Å². The van der Waals surface area contributed by atoms with Gasteiger partial charge in [0.25, 0.3) is 0 Å². The van der Waals surface area contributed by atoms with Gasteiger partial charge in [0, 0.05) is 19.6 Å². The van der Waals surface area contributed by atoms with Crippen LogP contribution in [0.4, 0.5) is 4.79 Å². The largest absolute Gasteiger partial charge is 0.338 e. The lowest BCUT2D eigenvalue weighted by Crippen LogP contribution is -2.45. The molecule has 1 fully saturated rings.